The monoisotopic (exact) mass is 152 g/mol. The maximum absolute atomic E-state index is 12.3. The normalized spacial score (nSPS) is 9.09. The van der Waals surface area contributed by atoms with E-state index in [0.717, 1.165) is 6.07 Å². The Labute approximate surface area is 62.7 Å². The fourth-order valence-corrected chi connectivity index (χ4v) is 0.672. The molecule has 0 atom stereocenters. The molecule has 0 spiro atoms. The van der Waals surface area contributed by atoms with Gasteiger partial charge in [-0.3, -0.25) is 0 Å². The predicted molar refractivity (Wildman–Crippen MR) is 35.2 cm³/mol. The van der Waals surface area contributed by atoms with Crippen LogP contribution in [0.1, 0.15) is 5.69 Å². The zero-order chi connectivity index (χ0) is 8.27. The van der Waals surface area contributed by atoms with Crippen molar-refractivity contribution >= 4 is 0 Å². The molecule has 0 aliphatic carbocycles. The molecular formula is C7H5FN2O. The van der Waals surface area contributed by atoms with Crippen molar-refractivity contribution in [2.24, 2.45) is 0 Å². The summed E-state index contributed by atoms with van der Waals surface area (Å²) in [6.07, 6.45) is -0.0798. The second kappa shape index (κ2) is 2.97. The zero-order valence-corrected chi connectivity index (χ0v) is 5.58. The lowest BCUT2D eigenvalue weighted by molar-refractivity contribution is 0.459. The molecule has 0 amide bonds. The van der Waals surface area contributed by atoms with E-state index < -0.39 is 5.95 Å². The third-order valence-electron chi connectivity index (χ3n) is 1.16. The molecule has 0 aromatic carbocycles. The van der Waals surface area contributed by atoms with Gasteiger partial charge in [0.15, 0.2) is 0 Å². The molecule has 4 heteroatoms. The molecule has 0 saturated heterocycles. The summed E-state index contributed by atoms with van der Waals surface area (Å²) in [5.74, 6) is -0.832. The summed E-state index contributed by atoms with van der Waals surface area (Å²) in [6.45, 7) is 0. The van der Waals surface area contributed by atoms with Crippen LogP contribution >= 0.6 is 0 Å². The Hall–Kier alpha value is -1.63. The molecule has 1 aromatic rings. The van der Waals surface area contributed by atoms with Gasteiger partial charge in [-0.1, -0.05) is 0 Å². The molecule has 0 bridgehead atoms. The molecule has 0 fully saturated rings. The Balaban J connectivity index is 3.05. The number of nitrogens with zero attached hydrogens (tertiary/aromatic N) is 2. The molecule has 11 heavy (non-hydrogen) atoms. The molecule has 3 nitrogen and oxygen atoms in total. The first-order valence-electron chi connectivity index (χ1n) is 2.95. The van der Waals surface area contributed by atoms with E-state index in [0.29, 0.717) is 0 Å². The average Bonchev–Trinajstić information content (AvgIpc) is 1.98. The summed E-state index contributed by atoms with van der Waals surface area (Å²) < 4.78 is 12.3. The van der Waals surface area contributed by atoms with Gasteiger partial charge in [0.2, 0.25) is 5.95 Å². The molecule has 0 aliphatic heterocycles. The number of hydrogen-bond acceptors (Lipinski definition) is 3. The number of aromatic hydroxyl groups is 1. The van der Waals surface area contributed by atoms with Gasteiger partial charge in [-0.05, 0) is 12.1 Å². The number of pyridine rings is 1. The number of hydrogen-bond donors (Lipinski definition) is 1. The minimum Gasteiger partial charge on any atom is -0.506 e. The van der Waals surface area contributed by atoms with Gasteiger partial charge in [-0.15, -0.1) is 0 Å². The van der Waals surface area contributed by atoms with E-state index in [4.69, 9.17) is 10.4 Å². The van der Waals surface area contributed by atoms with Crippen molar-refractivity contribution in [3.05, 3.63) is 23.8 Å². The van der Waals surface area contributed by atoms with E-state index in [2.05, 4.69) is 4.98 Å². The highest BCUT2D eigenvalue weighted by Gasteiger charge is 2.02. The van der Waals surface area contributed by atoms with Gasteiger partial charge >= 0.3 is 0 Å². The van der Waals surface area contributed by atoms with E-state index in [9.17, 15) is 4.39 Å². The molecule has 0 aliphatic rings. The number of aromatic nitrogens is 1. The zero-order valence-electron chi connectivity index (χ0n) is 5.58. The third kappa shape index (κ3) is 1.64. The van der Waals surface area contributed by atoms with E-state index in [1.54, 1.807) is 6.07 Å². The third-order valence-corrected chi connectivity index (χ3v) is 1.16. The van der Waals surface area contributed by atoms with Crippen LogP contribution in [0.2, 0.25) is 0 Å². The fourth-order valence-electron chi connectivity index (χ4n) is 0.672. The number of halogens is 1. The van der Waals surface area contributed by atoms with Gasteiger partial charge in [0.1, 0.15) is 5.75 Å². The van der Waals surface area contributed by atoms with Gasteiger partial charge in [-0.25, -0.2) is 4.98 Å². The van der Waals surface area contributed by atoms with Crippen LogP contribution in [0.5, 0.6) is 5.75 Å². The van der Waals surface area contributed by atoms with E-state index in [1.165, 1.54) is 6.07 Å². The Morgan fingerprint density at radius 1 is 1.64 bits per heavy atom. The predicted octanol–water partition coefficient (Wildman–Crippen LogP) is 0.992. The quantitative estimate of drug-likeness (QED) is 0.610. The van der Waals surface area contributed by atoms with Gasteiger partial charge < -0.3 is 5.11 Å². The Morgan fingerprint density at radius 3 is 3.00 bits per heavy atom. The maximum Gasteiger partial charge on any atom is 0.213 e. The first-order chi connectivity index (χ1) is 5.24. The average molecular weight is 152 g/mol. The highest BCUT2D eigenvalue weighted by molar-refractivity contribution is 5.27. The van der Waals surface area contributed by atoms with Crippen LogP contribution in [0, 0.1) is 17.3 Å². The largest absolute Gasteiger partial charge is 0.506 e. The van der Waals surface area contributed by atoms with Gasteiger partial charge in [0, 0.05) is 0 Å². The van der Waals surface area contributed by atoms with Gasteiger partial charge in [0.25, 0.3) is 0 Å². The smallest absolute Gasteiger partial charge is 0.213 e. The molecule has 1 heterocycles. The molecule has 56 valence electrons. The SMILES string of the molecule is N#CCc1nc(F)ccc1O. The fraction of sp³-hybridized carbons (Fsp3) is 0.143. The first kappa shape index (κ1) is 7.48. The van der Waals surface area contributed by atoms with Crippen molar-refractivity contribution in [3.63, 3.8) is 0 Å². The lowest BCUT2D eigenvalue weighted by Gasteiger charge is -1.96. The maximum atomic E-state index is 12.3. The first-order valence-corrected chi connectivity index (χ1v) is 2.95. The van der Waals surface area contributed by atoms with Crippen LogP contribution < -0.4 is 0 Å². The van der Waals surface area contributed by atoms with E-state index in [-0.39, 0.29) is 17.9 Å². The number of nitriles is 1. The Morgan fingerprint density at radius 2 is 2.36 bits per heavy atom. The number of rotatable bonds is 1. The minimum absolute atomic E-state index is 0.0764. The van der Waals surface area contributed by atoms with Crippen molar-refractivity contribution in [1.29, 1.82) is 5.26 Å². The van der Waals surface area contributed by atoms with E-state index >= 15 is 0 Å². The van der Waals surface area contributed by atoms with Crippen molar-refractivity contribution in [2.45, 2.75) is 6.42 Å². The lowest BCUT2D eigenvalue weighted by Crippen LogP contribution is -1.91. The molecule has 1 aromatic heterocycles. The lowest BCUT2D eigenvalue weighted by atomic mass is 10.2. The molecule has 0 unspecified atom stereocenters. The van der Waals surface area contributed by atoms with Crippen LogP contribution in [0.3, 0.4) is 0 Å². The second-order valence-electron chi connectivity index (χ2n) is 1.93. The standard InChI is InChI=1S/C7H5FN2O/c8-7-2-1-6(11)5(10-7)3-4-9/h1-2,11H,3H2. The highest BCUT2D eigenvalue weighted by atomic mass is 19.1. The minimum atomic E-state index is -0.687. The van der Waals surface area contributed by atoms with Crippen LogP contribution in [0.15, 0.2) is 12.1 Å². The van der Waals surface area contributed by atoms with Crippen LogP contribution in [0.25, 0.3) is 0 Å². The van der Waals surface area contributed by atoms with E-state index in [1.807, 2.05) is 0 Å². The second-order valence-corrected chi connectivity index (χ2v) is 1.93. The molecule has 1 N–H and O–H groups in total. The van der Waals surface area contributed by atoms with Gasteiger partial charge in [0.05, 0.1) is 18.2 Å². The van der Waals surface area contributed by atoms with Crippen molar-refractivity contribution in [3.8, 4) is 11.8 Å². The van der Waals surface area contributed by atoms with Crippen LogP contribution in [-0.2, 0) is 6.42 Å². The summed E-state index contributed by atoms with van der Waals surface area (Å²) in [5, 5.41) is 17.2. The van der Waals surface area contributed by atoms with Crippen molar-refractivity contribution in [2.75, 3.05) is 0 Å². The van der Waals surface area contributed by atoms with Crippen molar-refractivity contribution < 1.29 is 9.50 Å². The Bertz CT molecular complexity index is 306. The molecular weight excluding hydrogens is 147 g/mol. The summed E-state index contributed by atoms with van der Waals surface area (Å²) >= 11 is 0. The Kier molecular flexibility index (Phi) is 2.02. The summed E-state index contributed by atoms with van der Waals surface area (Å²) in [7, 11) is 0. The topological polar surface area (TPSA) is 56.9 Å². The molecule has 1 rings (SSSR count). The van der Waals surface area contributed by atoms with Crippen LogP contribution in [-0.4, -0.2) is 10.1 Å². The molecule has 0 radical (unpaired) electrons. The molecule has 0 saturated carbocycles. The highest BCUT2D eigenvalue weighted by Crippen LogP contribution is 2.13. The summed E-state index contributed by atoms with van der Waals surface area (Å²) in [5.41, 5.74) is 0.0764. The summed E-state index contributed by atoms with van der Waals surface area (Å²) in [6, 6.07) is 3.98. The summed E-state index contributed by atoms with van der Waals surface area (Å²) in [4.78, 5) is 3.32. The van der Waals surface area contributed by atoms with Crippen LogP contribution in [0.4, 0.5) is 4.39 Å². The van der Waals surface area contributed by atoms with Crippen molar-refractivity contribution in [1.82, 2.24) is 4.98 Å². The van der Waals surface area contributed by atoms with Gasteiger partial charge in [-0.2, -0.15) is 9.65 Å².